The molecule has 0 aliphatic carbocycles. The molecule has 1 aromatic rings. The number of aryl methyl sites for hydroxylation is 1. The molecule has 0 bridgehead atoms. The molecule has 3 heterocycles. The Morgan fingerprint density at radius 1 is 1.28 bits per heavy atom. The molecule has 0 spiro atoms. The molecule has 2 saturated heterocycles. The molecule has 25 heavy (non-hydrogen) atoms. The molecule has 1 atom stereocenters. The Morgan fingerprint density at radius 3 is 2.60 bits per heavy atom. The van der Waals surface area contributed by atoms with Crippen LogP contribution in [0.2, 0.25) is 0 Å². The predicted octanol–water partition coefficient (Wildman–Crippen LogP) is 1.82. The van der Waals surface area contributed by atoms with Crippen molar-refractivity contribution < 1.29 is 14.6 Å². The van der Waals surface area contributed by atoms with Crippen LogP contribution in [-0.2, 0) is 0 Å². The Hall–Kier alpha value is -1.61. The lowest BCUT2D eigenvalue weighted by molar-refractivity contribution is 0.142. The highest BCUT2D eigenvalue weighted by Crippen LogP contribution is 2.29. The number of hydrogen-bond acceptors (Lipinski definition) is 6. The van der Waals surface area contributed by atoms with E-state index in [2.05, 4.69) is 42.7 Å². The average Bonchev–Trinajstić information content (AvgIpc) is 3.01. The highest BCUT2D eigenvalue weighted by Gasteiger charge is 2.25. The van der Waals surface area contributed by atoms with Crippen molar-refractivity contribution in [2.45, 2.75) is 25.8 Å². The molecule has 2 aliphatic heterocycles. The van der Waals surface area contributed by atoms with Gasteiger partial charge in [-0.05, 0) is 49.3 Å². The Kier molecular flexibility index (Phi) is 5.63. The van der Waals surface area contributed by atoms with Crippen molar-refractivity contribution in [3.05, 3.63) is 10.2 Å². The number of likely N-dealkylation sites (tertiary alicyclic amines) is 1. The Bertz CT molecular complexity index is 636. The van der Waals surface area contributed by atoms with Crippen molar-refractivity contribution in [1.82, 2.24) is 19.8 Å². The highest BCUT2D eigenvalue weighted by molar-refractivity contribution is 9.10. The maximum atomic E-state index is 11.1. The summed E-state index contributed by atoms with van der Waals surface area (Å²) in [5.74, 6) is 0.771. The third-order valence-corrected chi connectivity index (χ3v) is 5.83. The van der Waals surface area contributed by atoms with Crippen LogP contribution < -0.4 is 9.64 Å². The molecule has 0 saturated carbocycles. The summed E-state index contributed by atoms with van der Waals surface area (Å²) in [6.07, 6.45) is 1.46. The van der Waals surface area contributed by atoms with E-state index in [9.17, 15) is 4.79 Å². The number of carbonyl (C=O) groups is 1. The quantitative estimate of drug-likeness (QED) is 0.805. The molecule has 8 nitrogen and oxygen atoms in total. The van der Waals surface area contributed by atoms with Crippen LogP contribution >= 0.6 is 15.9 Å². The number of anilines is 1. The number of nitrogens with zero attached hydrogens (tertiary/aromatic N) is 5. The van der Waals surface area contributed by atoms with Crippen molar-refractivity contribution in [2.75, 3.05) is 51.3 Å². The van der Waals surface area contributed by atoms with Crippen LogP contribution in [0.5, 0.6) is 6.01 Å². The maximum absolute atomic E-state index is 11.1. The van der Waals surface area contributed by atoms with E-state index in [1.165, 1.54) is 11.3 Å². The number of halogens is 1. The van der Waals surface area contributed by atoms with Gasteiger partial charge in [-0.2, -0.15) is 9.97 Å². The minimum Gasteiger partial charge on any atom is -0.465 e. The van der Waals surface area contributed by atoms with E-state index in [1.807, 2.05) is 6.92 Å². The molecule has 0 radical (unpaired) electrons. The highest BCUT2D eigenvalue weighted by atomic mass is 79.9. The molecule has 1 aromatic heterocycles. The number of aromatic nitrogens is 2. The van der Waals surface area contributed by atoms with Crippen molar-refractivity contribution >= 4 is 27.8 Å². The van der Waals surface area contributed by atoms with Crippen molar-refractivity contribution in [3.63, 3.8) is 0 Å². The Morgan fingerprint density at radius 2 is 2.00 bits per heavy atom. The second kappa shape index (κ2) is 7.74. The van der Waals surface area contributed by atoms with Gasteiger partial charge in [-0.25, -0.2) is 4.79 Å². The fraction of sp³-hybridized carbons (Fsp3) is 0.688. The minimum atomic E-state index is -0.873. The molecule has 1 amide bonds. The van der Waals surface area contributed by atoms with Gasteiger partial charge in [-0.3, -0.25) is 0 Å². The lowest BCUT2D eigenvalue weighted by Gasteiger charge is -2.34. The fourth-order valence-electron chi connectivity index (χ4n) is 3.26. The first-order chi connectivity index (χ1) is 12.0. The summed E-state index contributed by atoms with van der Waals surface area (Å²) in [7, 11) is 2.11. The van der Waals surface area contributed by atoms with Crippen LogP contribution in [0.15, 0.2) is 4.47 Å². The number of amides is 1. The molecule has 1 N–H and O–H groups in total. The van der Waals surface area contributed by atoms with Gasteiger partial charge in [-0.15, -0.1) is 0 Å². The van der Waals surface area contributed by atoms with E-state index in [-0.39, 0.29) is 0 Å². The fourth-order valence-corrected chi connectivity index (χ4v) is 3.69. The smallest absolute Gasteiger partial charge is 0.407 e. The van der Waals surface area contributed by atoms with Crippen molar-refractivity contribution in [1.29, 1.82) is 0 Å². The average molecular weight is 414 g/mol. The molecule has 138 valence electrons. The van der Waals surface area contributed by atoms with Gasteiger partial charge in [0.1, 0.15) is 6.61 Å². The van der Waals surface area contributed by atoms with E-state index < -0.39 is 6.09 Å². The van der Waals surface area contributed by atoms with Gasteiger partial charge in [0.05, 0.1) is 10.2 Å². The van der Waals surface area contributed by atoms with Crippen LogP contribution in [0.4, 0.5) is 10.6 Å². The molecule has 3 rings (SSSR count). The summed E-state index contributed by atoms with van der Waals surface area (Å²) >= 11 is 3.56. The van der Waals surface area contributed by atoms with E-state index in [1.54, 1.807) is 0 Å². The maximum Gasteiger partial charge on any atom is 0.407 e. The van der Waals surface area contributed by atoms with Gasteiger partial charge in [0, 0.05) is 32.2 Å². The normalized spacial score (nSPS) is 21.6. The SMILES string of the molecule is Cc1nc(OCC2CCCN2C)nc(N2CCN(C(=O)O)CC2)c1Br. The zero-order chi connectivity index (χ0) is 18.0. The zero-order valence-corrected chi connectivity index (χ0v) is 16.2. The second-order valence-electron chi connectivity index (χ2n) is 6.57. The van der Waals surface area contributed by atoms with Crippen LogP contribution in [0.1, 0.15) is 18.5 Å². The van der Waals surface area contributed by atoms with Gasteiger partial charge in [0.15, 0.2) is 5.82 Å². The van der Waals surface area contributed by atoms with E-state index in [0.717, 1.165) is 29.0 Å². The number of ether oxygens (including phenoxy) is 1. The topological polar surface area (TPSA) is 82.0 Å². The summed E-state index contributed by atoms with van der Waals surface area (Å²) in [6, 6.07) is 0.798. The first-order valence-corrected chi connectivity index (χ1v) is 9.35. The standard InChI is InChI=1S/C16H24BrN5O3/c1-11-13(17)14(21-6-8-22(9-7-21)16(23)24)19-15(18-11)25-10-12-4-3-5-20(12)2/h12H,3-10H2,1-2H3,(H,23,24). The third-order valence-electron chi connectivity index (χ3n) is 4.90. The third kappa shape index (κ3) is 4.14. The van der Waals surface area contributed by atoms with Crippen molar-refractivity contribution in [3.8, 4) is 6.01 Å². The first kappa shape index (κ1) is 18.2. The summed E-state index contributed by atoms with van der Waals surface area (Å²) < 4.78 is 6.71. The largest absolute Gasteiger partial charge is 0.465 e. The van der Waals surface area contributed by atoms with Crippen LogP contribution in [0, 0.1) is 6.92 Å². The van der Waals surface area contributed by atoms with Crippen LogP contribution in [0.25, 0.3) is 0 Å². The summed E-state index contributed by atoms with van der Waals surface area (Å²) in [5, 5.41) is 9.08. The number of piperazine rings is 1. The van der Waals surface area contributed by atoms with Gasteiger partial charge in [0.2, 0.25) is 0 Å². The molecular weight excluding hydrogens is 390 g/mol. The predicted molar refractivity (Wildman–Crippen MR) is 97.4 cm³/mol. The monoisotopic (exact) mass is 413 g/mol. The Labute approximate surface area is 155 Å². The second-order valence-corrected chi connectivity index (χ2v) is 7.37. The van der Waals surface area contributed by atoms with Gasteiger partial charge >= 0.3 is 12.1 Å². The number of likely N-dealkylation sites (N-methyl/N-ethyl adjacent to an activating group) is 1. The van der Waals surface area contributed by atoms with Crippen LogP contribution in [0.3, 0.4) is 0 Å². The molecule has 0 aromatic carbocycles. The number of hydrogen-bond donors (Lipinski definition) is 1. The first-order valence-electron chi connectivity index (χ1n) is 8.55. The molecule has 2 fully saturated rings. The van der Waals surface area contributed by atoms with Crippen LogP contribution in [-0.4, -0.2) is 83.4 Å². The van der Waals surface area contributed by atoms with Gasteiger partial charge < -0.3 is 24.5 Å². The summed E-state index contributed by atoms with van der Waals surface area (Å²) in [4.78, 5) is 25.9. The number of rotatable bonds is 4. The molecule has 2 aliphatic rings. The minimum absolute atomic E-state index is 0.386. The van der Waals surface area contributed by atoms with E-state index >= 15 is 0 Å². The van der Waals surface area contributed by atoms with Crippen molar-refractivity contribution in [2.24, 2.45) is 0 Å². The molecule has 1 unspecified atom stereocenters. The lowest BCUT2D eigenvalue weighted by Crippen LogP contribution is -2.48. The van der Waals surface area contributed by atoms with Gasteiger partial charge in [0.25, 0.3) is 0 Å². The summed E-state index contributed by atoms with van der Waals surface area (Å²) in [6.45, 7) is 5.74. The Balaban J connectivity index is 1.69. The summed E-state index contributed by atoms with van der Waals surface area (Å²) in [5.41, 5.74) is 0.820. The molecule has 9 heteroatoms. The lowest BCUT2D eigenvalue weighted by atomic mass is 10.2. The van der Waals surface area contributed by atoms with E-state index in [0.29, 0.717) is 44.8 Å². The number of carboxylic acid groups (broad SMARTS) is 1. The zero-order valence-electron chi connectivity index (χ0n) is 14.6. The van der Waals surface area contributed by atoms with Gasteiger partial charge in [-0.1, -0.05) is 0 Å². The molecular formula is C16H24BrN5O3. The van der Waals surface area contributed by atoms with E-state index in [4.69, 9.17) is 9.84 Å².